The second kappa shape index (κ2) is 11.7. The van der Waals surface area contributed by atoms with Crippen LogP contribution in [0.15, 0.2) is 42.6 Å². The molecule has 3 saturated heterocycles. The number of piperazine rings is 1. The summed E-state index contributed by atoms with van der Waals surface area (Å²) in [6.07, 6.45) is 5.37. The summed E-state index contributed by atoms with van der Waals surface area (Å²) >= 11 is 0. The average molecular weight is 400 g/mol. The van der Waals surface area contributed by atoms with Crippen molar-refractivity contribution in [1.82, 2.24) is 19.6 Å². The monoisotopic (exact) mass is 399 g/mol. The van der Waals surface area contributed by atoms with Crippen LogP contribution in [-0.2, 0) is 6.54 Å². The molecule has 0 unspecified atom stereocenters. The van der Waals surface area contributed by atoms with Gasteiger partial charge in [0.2, 0.25) is 0 Å². The molecule has 3 fully saturated rings. The third-order valence-corrected chi connectivity index (χ3v) is 6.69. The fourth-order valence-electron chi connectivity index (χ4n) is 4.99. The molecule has 5 nitrogen and oxygen atoms in total. The van der Waals surface area contributed by atoms with E-state index in [-0.39, 0.29) is 0 Å². The third-order valence-electron chi connectivity index (χ3n) is 6.69. The highest BCUT2D eigenvalue weighted by atomic mass is 15.3. The van der Waals surface area contributed by atoms with E-state index < -0.39 is 0 Å². The van der Waals surface area contributed by atoms with Crippen molar-refractivity contribution in [1.29, 1.82) is 0 Å². The first-order valence-corrected chi connectivity index (χ1v) is 11.5. The highest BCUT2D eigenvalue weighted by molar-refractivity contribution is 5.14. The Bertz CT molecular complexity index is 583. The Morgan fingerprint density at radius 3 is 2.10 bits per heavy atom. The van der Waals surface area contributed by atoms with Gasteiger partial charge in [0.05, 0.1) is 0 Å². The SMILES string of the molecule is C=C(CN1CCCC1)N1CCN(C2CCN(Cc3ccccc3)CC2)CC1.CN. The van der Waals surface area contributed by atoms with Gasteiger partial charge in [0.1, 0.15) is 0 Å². The zero-order chi connectivity index (χ0) is 20.5. The second-order valence-electron chi connectivity index (χ2n) is 8.57. The number of nitrogens with zero attached hydrogens (tertiary/aromatic N) is 4. The lowest BCUT2D eigenvalue weighted by molar-refractivity contribution is 0.0658. The Balaban J connectivity index is 0.00000117. The highest BCUT2D eigenvalue weighted by Gasteiger charge is 2.28. The van der Waals surface area contributed by atoms with E-state index in [0.717, 1.165) is 32.2 Å². The van der Waals surface area contributed by atoms with Gasteiger partial charge in [0, 0.05) is 51.0 Å². The largest absolute Gasteiger partial charge is 0.372 e. The van der Waals surface area contributed by atoms with Crippen LogP contribution in [0.25, 0.3) is 0 Å². The fourth-order valence-corrected chi connectivity index (χ4v) is 4.99. The van der Waals surface area contributed by atoms with Gasteiger partial charge < -0.3 is 10.6 Å². The van der Waals surface area contributed by atoms with Crippen LogP contribution in [0.4, 0.5) is 0 Å². The summed E-state index contributed by atoms with van der Waals surface area (Å²) in [6.45, 7) is 16.3. The van der Waals surface area contributed by atoms with E-state index in [0.29, 0.717) is 0 Å². The van der Waals surface area contributed by atoms with Gasteiger partial charge in [-0.25, -0.2) is 0 Å². The van der Waals surface area contributed by atoms with Gasteiger partial charge in [-0.1, -0.05) is 36.9 Å². The first-order valence-electron chi connectivity index (χ1n) is 11.5. The normalized spacial score (nSPS) is 22.3. The van der Waals surface area contributed by atoms with E-state index >= 15 is 0 Å². The fraction of sp³-hybridized carbons (Fsp3) is 0.667. The van der Waals surface area contributed by atoms with Crippen molar-refractivity contribution in [2.45, 2.75) is 38.3 Å². The summed E-state index contributed by atoms with van der Waals surface area (Å²) < 4.78 is 0. The molecule has 5 heteroatoms. The Morgan fingerprint density at radius 2 is 1.48 bits per heavy atom. The minimum absolute atomic E-state index is 0.783. The Morgan fingerprint density at radius 1 is 0.862 bits per heavy atom. The standard InChI is InChI=1S/C23H36N4.CH5N/c1-21(19-24-11-5-6-12-24)26-15-17-27(18-16-26)23-9-13-25(14-10-23)20-22-7-3-2-4-8-22;1-2/h2-4,7-8,23H,1,5-6,9-20H2;2H2,1H3. The summed E-state index contributed by atoms with van der Waals surface area (Å²) in [5.74, 6) is 0. The second-order valence-corrected chi connectivity index (χ2v) is 8.57. The Kier molecular flexibility index (Phi) is 8.99. The van der Waals surface area contributed by atoms with Crippen LogP contribution in [0, 0.1) is 0 Å². The lowest BCUT2D eigenvalue weighted by Crippen LogP contribution is -2.53. The summed E-state index contributed by atoms with van der Waals surface area (Å²) in [7, 11) is 1.50. The molecule has 1 aromatic rings. The third kappa shape index (κ3) is 6.54. The Hall–Kier alpha value is -1.40. The topological polar surface area (TPSA) is 39.0 Å². The predicted octanol–water partition coefficient (Wildman–Crippen LogP) is 2.45. The number of hydrogen-bond donors (Lipinski definition) is 1. The summed E-state index contributed by atoms with van der Waals surface area (Å²) in [6, 6.07) is 11.7. The van der Waals surface area contributed by atoms with E-state index in [1.54, 1.807) is 0 Å². The van der Waals surface area contributed by atoms with Crippen molar-refractivity contribution in [3.8, 4) is 0 Å². The Labute approximate surface area is 178 Å². The van der Waals surface area contributed by atoms with E-state index in [4.69, 9.17) is 0 Å². The van der Waals surface area contributed by atoms with Gasteiger partial charge in [0.25, 0.3) is 0 Å². The molecule has 0 saturated carbocycles. The zero-order valence-electron chi connectivity index (χ0n) is 18.4. The van der Waals surface area contributed by atoms with Crippen molar-refractivity contribution in [3.63, 3.8) is 0 Å². The number of rotatable bonds is 6. The van der Waals surface area contributed by atoms with Crippen LogP contribution in [0.2, 0.25) is 0 Å². The number of hydrogen-bond acceptors (Lipinski definition) is 5. The number of likely N-dealkylation sites (tertiary alicyclic amines) is 2. The van der Waals surface area contributed by atoms with Crippen LogP contribution in [0.1, 0.15) is 31.2 Å². The van der Waals surface area contributed by atoms with Crippen molar-refractivity contribution in [2.75, 3.05) is 66.0 Å². The van der Waals surface area contributed by atoms with Crippen LogP contribution in [0.5, 0.6) is 0 Å². The lowest BCUT2D eigenvalue weighted by atomic mass is 10.0. The molecule has 162 valence electrons. The van der Waals surface area contributed by atoms with Gasteiger partial charge in [0.15, 0.2) is 0 Å². The van der Waals surface area contributed by atoms with Crippen molar-refractivity contribution in [2.24, 2.45) is 5.73 Å². The summed E-state index contributed by atoms with van der Waals surface area (Å²) in [5, 5.41) is 0. The molecule has 0 amide bonds. The quantitative estimate of drug-likeness (QED) is 0.796. The van der Waals surface area contributed by atoms with Gasteiger partial charge in [-0.15, -0.1) is 0 Å². The average Bonchev–Trinajstić information content (AvgIpc) is 3.30. The van der Waals surface area contributed by atoms with E-state index in [2.05, 4.69) is 62.2 Å². The molecule has 3 heterocycles. The zero-order valence-corrected chi connectivity index (χ0v) is 18.4. The first kappa shape index (κ1) is 22.3. The summed E-state index contributed by atoms with van der Waals surface area (Å²) in [4.78, 5) is 10.5. The molecule has 3 aliphatic rings. The molecular weight excluding hydrogens is 358 g/mol. The highest BCUT2D eigenvalue weighted by Crippen LogP contribution is 2.21. The molecule has 0 radical (unpaired) electrons. The smallest absolute Gasteiger partial charge is 0.0377 e. The van der Waals surface area contributed by atoms with Gasteiger partial charge in [-0.2, -0.15) is 0 Å². The van der Waals surface area contributed by atoms with Crippen LogP contribution >= 0.6 is 0 Å². The van der Waals surface area contributed by atoms with E-state index in [1.807, 2.05) is 0 Å². The van der Waals surface area contributed by atoms with Crippen molar-refractivity contribution >= 4 is 0 Å². The molecular formula is C24H41N5. The minimum atomic E-state index is 0.783. The van der Waals surface area contributed by atoms with Crippen LogP contribution < -0.4 is 5.73 Å². The van der Waals surface area contributed by atoms with Crippen molar-refractivity contribution < 1.29 is 0 Å². The van der Waals surface area contributed by atoms with E-state index in [9.17, 15) is 0 Å². The lowest BCUT2D eigenvalue weighted by Gasteiger charge is -2.44. The molecule has 0 atom stereocenters. The number of nitrogens with two attached hydrogens (primary N) is 1. The van der Waals surface area contributed by atoms with Crippen LogP contribution in [-0.4, -0.2) is 91.6 Å². The number of piperidine rings is 1. The maximum atomic E-state index is 4.50. The molecule has 2 N–H and O–H groups in total. The predicted molar refractivity (Wildman–Crippen MR) is 123 cm³/mol. The minimum Gasteiger partial charge on any atom is -0.372 e. The van der Waals surface area contributed by atoms with E-state index in [1.165, 1.54) is 83.3 Å². The molecule has 0 aromatic heterocycles. The molecule has 4 rings (SSSR count). The van der Waals surface area contributed by atoms with Crippen LogP contribution in [0.3, 0.4) is 0 Å². The molecule has 0 spiro atoms. The van der Waals surface area contributed by atoms with Gasteiger partial charge in [-0.3, -0.25) is 14.7 Å². The molecule has 1 aromatic carbocycles. The van der Waals surface area contributed by atoms with Gasteiger partial charge in [-0.05, 0) is 64.5 Å². The summed E-state index contributed by atoms with van der Waals surface area (Å²) in [5.41, 5.74) is 7.29. The molecule has 3 aliphatic heterocycles. The molecule has 0 bridgehead atoms. The molecule has 29 heavy (non-hydrogen) atoms. The maximum absolute atomic E-state index is 4.50. The first-order chi connectivity index (χ1) is 14.3. The maximum Gasteiger partial charge on any atom is 0.0377 e. The molecule has 0 aliphatic carbocycles. The van der Waals surface area contributed by atoms with Gasteiger partial charge >= 0.3 is 0 Å². The van der Waals surface area contributed by atoms with Crippen molar-refractivity contribution in [3.05, 3.63) is 48.2 Å². The number of benzene rings is 1.